The van der Waals surface area contributed by atoms with E-state index in [1.54, 1.807) is 21.0 Å². The van der Waals surface area contributed by atoms with Crippen LogP contribution in [0.2, 0.25) is 0 Å². The minimum absolute atomic E-state index is 0.0596. The summed E-state index contributed by atoms with van der Waals surface area (Å²) >= 11 is 3.17. The van der Waals surface area contributed by atoms with E-state index >= 15 is 0 Å². The summed E-state index contributed by atoms with van der Waals surface area (Å²) in [5.74, 6) is 0.0888. The van der Waals surface area contributed by atoms with E-state index < -0.39 is 6.04 Å². The predicted molar refractivity (Wildman–Crippen MR) is 55.5 cm³/mol. The van der Waals surface area contributed by atoms with Crippen LogP contribution in [0.1, 0.15) is 13.0 Å². The molecule has 0 bridgehead atoms. The Bertz CT molecular complexity index is 348. The van der Waals surface area contributed by atoms with Gasteiger partial charge in [0.2, 0.25) is 11.9 Å². The highest BCUT2D eigenvalue weighted by Gasteiger charge is 2.20. The number of anilines is 1. The first kappa shape index (κ1) is 11.0. The summed E-state index contributed by atoms with van der Waals surface area (Å²) in [4.78, 5) is 16.9. The molecule has 1 aromatic heterocycles. The summed E-state index contributed by atoms with van der Waals surface area (Å²) in [7, 11) is 3.38. The molecular formula is C7H12BrN5O. The van der Waals surface area contributed by atoms with Crippen LogP contribution in [0.15, 0.2) is 4.73 Å². The van der Waals surface area contributed by atoms with Crippen LogP contribution >= 0.6 is 15.9 Å². The Morgan fingerprint density at radius 1 is 1.64 bits per heavy atom. The maximum atomic E-state index is 11.6. The molecule has 0 aromatic carbocycles. The number of nitrogen functional groups attached to an aromatic ring is 1. The first-order chi connectivity index (χ1) is 6.43. The molecule has 0 saturated carbocycles. The van der Waals surface area contributed by atoms with Gasteiger partial charge in [0.1, 0.15) is 6.04 Å². The quantitative estimate of drug-likeness (QED) is 0.830. The van der Waals surface area contributed by atoms with Gasteiger partial charge in [-0.2, -0.15) is 4.98 Å². The first-order valence-corrected chi connectivity index (χ1v) is 4.81. The van der Waals surface area contributed by atoms with Crippen molar-refractivity contribution < 1.29 is 4.79 Å². The van der Waals surface area contributed by atoms with Crippen molar-refractivity contribution in [3.63, 3.8) is 0 Å². The molecule has 1 unspecified atom stereocenters. The fourth-order valence-electron chi connectivity index (χ4n) is 1.04. The van der Waals surface area contributed by atoms with Crippen molar-refractivity contribution in [2.24, 2.45) is 0 Å². The van der Waals surface area contributed by atoms with E-state index in [1.165, 1.54) is 9.58 Å². The van der Waals surface area contributed by atoms with Crippen molar-refractivity contribution >= 4 is 27.8 Å². The average Bonchev–Trinajstić information content (AvgIpc) is 2.42. The number of carbonyl (C=O) groups excluding carboxylic acids is 1. The van der Waals surface area contributed by atoms with Crippen LogP contribution in [0.4, 0.5) is 5.95 Å². The Morgan fingerprint density at radius 3 is 2.57 bits per heavy atom. The van der Waals surface area contributed by atoms with Crippen molar-refractivity contribution in [3.8, 4) is 0 Å². The van der Waals surface area contributed by atoms with Gasteiger partial charge in [0.15, 0.2) is 4.73 Å². The number of amides is 1. The summed E-state index contributed by atoms with van der Waals surface area (Å²) < 4.78 is 1.90. The molecule has 0 fully saturated rings. The van der Waals surface area contributed by atoms with Gasteiger partial charge < -0.3 is 10.6 Å². The number of nitrogens with two attached hydrogens (primary N) is 1. The molecule has 0 aliphatic rings. The lowest BCUT2D eigenvalue weighted by atomic mass is 10.3. The summed E-state index contributed by atoms with van der Waals surface area (Å²) in [5.41, 5.74) is 5.40. The number of halogens is 1. The van der Waals surface area contributed by atoms with E-state index in [1.807, 2.05) is 0 Å². The number of likely N-dealkylation sites (N-methyl/N-ethyl adjacent to an activating group) is 1. The minimum atomic E-state index is -0.413. The standard InChI is InChI=1S/C7H12BrN5O/c1-4(5(14)12(2)3)13-6(8)10-7(9)11-13/h4H,1-3H3,(H2,9,11). The topological polar surface area (TPSA) is 77.0 Å². The fraction of sp³-hybridized carbons (Fsp3) is 0.571. The van der Waals surface area contributed by atoms with E-state index in [9.17, 15) is 4.79 Å². The Morgan fingerprint density at radius 2 is 2.21 bits per heavy atom. The normalized spacial score (nSPS) is 12.6. The average molecular weight is 262 g/mol. The monoisotopic (exact) mass is 261 g/mol. The second-order valence-corrected chi connectivity index (χ2v) is 3.80. The summed E-state index contributed by atoms with van der Waals surface area (Å²) in [6.07, 6.45) is 0. The van der Waals surface area contributed by atoms with Gasteiger partial charge in [-0.15, -0.1) is 5.10 Å². The number of carbonyl (C=O) groups is 1. The van der Waals surface area contributed by atoms with E-state index in [4.69, 9.17) is 5.73 Å². The summed E-state index contributed by atoms with van der Waals surface area (Å²) in [6.45, 7) is 1.74. The van der Waals surface area contributed by atoms with Crippen LogP contribution in [-0.2, 0) is 4.79 Å². The largest absolute Gasteiger partial charge is 0.366 e. The van der Waals surface area contributed by atoms with Gasteiger partial charge in [-0.1, -0.05) is 0 Å². The second kappa shape index (κ2) is 3.95. The molecule has 0 aliphatic carbocycles. The number of rotatable bonds is 2. The molecule has 0 spiro atoms. The molecule has 0 radical (unpaired) electrons. The third kappa shape index (κ3) is 2.03. The molecule has 78 valence electrons. The van der Waals surface area contributed by atoms with Gasteiger partial charge in [-0.05, 0) is 22.9 Å². The molecule has 1 amide bonds. The van der Waals surface area contributed by atoms with E-state index in [-0.39, 0.29) is 11.9 Å². The lowest BCUT2D eigenvalue weighted by Gasteiger charge is -2.16. The number of nitrogens with zero attached hydrogens (tertiary/aromatic N) is 4. The zero-order valence-corrected chi connectivity index (χ0v) is 9.82. The lowest BCUT2D eigenvalue weighted by molar-refractivity contribution is -0.132. The number of aromatic nitrogens is 3. The van der Waals surface area contributed by atoms with Crippen LogP contribution in [-0.4, -0.2) is 39.7 Å². The van der Waals surface area contributed by atoms with Crippen molar-refractivity contribution in [3.05, 3.63) is 4.73 Å². The maximum Gasteiger partial charge on any atom is 0.246 e. The molecule has 2 N–H and O–H groups in total. The van der Waals surface area contributed by atoms with E-state index in [0.29, 0.717) is 4.73 Å². The van der Waals surface area contributed by atoms with Gasteiger partial charge in [0.05, 0.1) is 0 Å². The van der Waals surface area contributed by atoms with Gasteiger partial charge >= 0.3 is 0 Å². The van der Waals surface area contributed by atoms with E-state index in [0.717, 1.165) is 0 Å². The predicted octanol–water partition coefficient (Wildman–Crippen LogP) is 0.272. The zero-order chi connectivity index (χ0) is 10.9. The first-order valence-electron chi connectivity index (χ1n) is 4.02. The number of hydrogen-bond acceptors (Lipinski definition) is 4. The Balaban J connectivity index is 2.94. The van der Waals surface area contributed by atoms with Gasteiger partial charge in [-0.3, -0.25) is 4.79 Å². The van der Waals surface area contributed by atoms with Crippen molar-refractivity contribution in [2.45, 2.75) is 13.0 Å². The van der Waals surface area contributed by atoms with Crippen molar-refractivity contribution in [1.29, 1.82) is 0 Å². The second-order valence-electron chi connectivity index (χ2n) is 3.09. The molecule has 1 heterocycles. The molecular weight excluding hydrogens is 250 g/mol. The van der Waals surface area contributed by atoms with Crippen LogP contribution in [0.25, 0.3) is 0 Å². The van der Waals surface area contributed by atoms with E-state index in [2.05, 4.69) is 26.0 Å². The van der Waals surface area contributed by atoms with Crippen LogP contribution in [0, 0.1) is 0 Å². The highest BCUT2D eigenvalue weighted by molar-refractivity contribution is 9.10. The molecule has 6 nitrogen and oxygen atoms in total. The molecule has 0 aliphatic heterocycles. The van der Waals surface area contributed by atoms with Crippen molar-refractivity contribution in [2.75, 3.05) is 19.8 Å². The molecule has 1 aromatic rings. The molecule has 14 heavy (non-hydrogen) atoms. The smallest absolute Gasteiger partial charge is 0.246 e. The Labute approximate surface area is 90.2 Å². The van der Waals surface area contributed by atoms with Crippen LogP contribution in [0.3, 0.4) is 0 Å². The highest BCUT2D eigenvalue weighted by atomic mass is 79.9. The highest BCUT2D eigenvalue weighted by Crippen LogP contribution is 2.15. The molecule has 1 rings (SSSR count). The summed E-state index contributed by atoms with van der Waals surface area (Å²) in [5, 5.41) is 3.90. The van der Waals surface area contributed by atoms with Gasteiger partial charge in [0, 0.05) is 14.1 Å². The molecule has 1 atom stereocenters. The SMILES string of the molecule is CC(C(=O)N(C)C)n1nc(N)nc1Br. The third-order valence-corrected chi connectivity index (χ3v) is 2.31. The van der Waals surface area contributed by atoms with Gasteiger partial charge in [-0.25, -0.2) is 4.68 Å². The maximum absolute atomic E-state index is 11.6. The van der Waals surface area contributed by atoms with Crippen LogP contribution in [0.5, 0.6) is 0 Å². The minimum Gasteiger partial charge on any atom is -0.366 e. The fourth-order valence-corrected chi connectivity index (χ4v) is 1.61. The number of hydrogen-bond donors (Lipinski definition) is 1. The Hall–Kier alpha value is -1.11. The van der Waals surface area contributed by atoms with Crippen molar-refractivity contribution in [1.82, 2.24) is 19.7 Å². The summed E-state index contributed by atoms with van der Waals surface area (Å²) in [6, 6.07) is -0.413. The molecule has 7 heteroatoms. The third-order valence-electron chi connectivity index (χ3n) is 1.77. The Kier molecular flexibility index (Phi) is 3.10. The lowest BCUT2D eigenvalue weighted by Crippen LogP contribution is -2.30. The zero-order valence-electron chi connectivity index (χ0n) is 8.23. The molecule has 0 saturated heterocycles. The van der Waals surface area contributed by atoms with Crippen LogP contribution < -0.4 is 5.73 Å². The van der Waals surface area contributed by atoms with Gasteiger partial charge in [0.25, 0.3) is 0 Å².